The molecule has 62 heavy (non-hydrogen) atoms. The summed E-state index contributed by atoms with van der Waals surface area (Å²) in [5.41, 5.74) is 19.3. The van der Waals surface area contributed by atoms with Crippen LogP contribution < -0.4 is 4.90 Å². The highest BCUT2D eigenvalue weighted by Gasteiger charge is 2.84. The smallest absolute Gasteiger partial charge is 0.0713 e. The van der Waals surface area contributed by atoms with Gasteiger partial charge in [0.1, 0.15) is 0 Å². The summed E-state index contributed by atoms with van der Waals surface area (Å²) in [7, 11) is 0. The van der Waals surface area contributed by atoms with E-state index in [9.17, 15) is 0 Å². The molecule has 8 aliphatic rings. The van der Waals surface area contributed by atoms with Crippen molar-refractivity contribution in [3.63, 3.8) is 0 Å². The average molecular weight is 804 g/mol. The minimum absolute atomic E-state index is 0.155. The monoisotopic (exact) mass is 803 g/mol. The molecule has 1 nitrogen and oxygen atoms in total. The van der Waals surface area contributed by atoms with E-state index >= 15 is 0 Å². The first-order valence-electron chi connectivity index (χ1n) is 24.0. The van der Waals surface area contributed by atoms with E-state index in [1.807, 2.05) is 0 Å². The highest BCUT2D eigenvalue weighted by molar-refractivity contribution is 5.88. The molecule has 8 unspecified atom stereocenters. The third-order valence-corrected chi connectivity index (χ3v) is 19.2. The van der Waals surface area contributed by atoms with Crippen LogP contribution in [-0.2, 0) is 10.8 Å². The average Bonchev–Trinajstić information content (AvgIpc) is 4.01. The molecule has 306 valence electrons. The summed E-state index contributed by atoms with van der Waals surface area (Å²) < 4.78 is 0. The summed E-state index contributed by atoms with van der Waals surface area (Å²) >= 11 is 0. The van der Waals surface area contributed by atoms with Crippen LogP contribution in [0.25, 0.3) is 22.3 Å². The zero-order chi connectivity index (χ0) is 41.4. The third kappa shape index (κ3) is 4.14. The van der Waals surface area contributed by atoms with E-state index in [4.69, 9.17) is 0 Å². The second-order valence-electron chi connectivity index (χ2n) is 22.3. The Balaban J connectivity index is 0.968. The lowest BCUT2D eigenvalue weighted by Crippen LogP contribution is -2.73. The van der Waals surface area contributed by atoms with Crippen LogP contribution in [0.1, 0.15) is 99.6 Å². The van der Waals surface area contributed by atoms with Crippen molar-refractivity contribution in [2.45, 2.75) is 83.1 Å². The molecule has 0 heterocycles. The molecule has 8 atom stereocenters. The van der Waals surface area contributed by atoms with Crippen molar-refractivity contribution in [2.75, 3.05) is 4.90 Å². The second-order valence-corrected chi connectivity index (χ2v) is 22.3. The normalized spacial score (nSPS) is 32.0. The van der Waals surface area contributed by atoms with Crippen LogP contribution in [0.3, 0.4) is 0 Å². The van der Waals surface area contributed by atoms with E-state index in [-0.39, 0.29) is 22.3 Å². The molecule has 8 aliphatic carbocycles. The number of benzene rings is 6. The van der Waals surface area contributed by atoms with E-state index in [0.717, 1.165) is 23.7 Å². The van der Waals surface area contributed by atoms with E-state index in [1.165, 1.54) is 94.4 Å². The minimum Gasteiger partial charge on any atom is -0.334 e. The molecule has 14 rings (SSSR count). The van der Waals surface area contributed by atoms with Gasteiger partial charge in [-0.25, -0.2) is 0 Å². The van der Waals surface area contributed by atoms with Crippen LogP contribution >= 0.6 is 0 Å². The zero-order valence-electron chi connectivity index (χ0n) is 36.7. The Bertz CT molecular complexity index is 2880. The zero-order valence-corrected chi connectivity index (χ0v) is 36.7. The van der Waals surface area contributed by atoms with Gasteiger partial charge in [0, 0.05) is 22.7 Å². The van der Waals surface area contributed by atoms with Crippen LogP contribution in [0.5, 0.6) is 0 Å². The lowest BCUT2D eigenvalue weighted by molar-refractivity contribution is -0.231. The van der Waals surface area contributed by atoms with Gasteiger partial charge in [0.25, 0.3) is 0 Å². The number of rotatable bonds is 5. The number of allylic oxidation sites excluding steroid dienone is 2. The Morgan fingerprint density at radius 2 is 1.13 bits per heavy atom. The standard InChI is InChI=1S/C61H57N/c1-57(2)31-32-58(3,4)56-51(57)23-14-24-53(56)62(43-29-30-47-46-19-10-13-22-50(46)61(52(47)36-43)54-34-38-33-41-35-55(61)59(41,54)37-38)42-27-25-40(26-28-42)60(39-15-6-5-7-16-39)48-20-11-8-17-44(48)45-18-9-12-21-49(45)60/h5-30,36,38,41,53-56H,31-35,37H2,1-4H3. The van der Waals surface area contributed by atoms with Gasteiger partial charge in [-0.1, -0.05) is 173 Å². The maximum absolute atomic E-state index is 2.79. The van der Waals surface area contributed by atoms with Crippen molar-refractivity contribution in [1.82, 2.24) is 0 Å². The Labute approximate surface area is 368 Å². The number of hydrogen-bond acceptors (Lipinski definition) is 1. The second kappa shape index (κ2) is 12.0. The molecule has 0 N–H and O–H groups in total. The maximum atomic E-state index is 2.79. The fraction of sp³-hybridized carbons (Fsp3) is 0.344. The Kier molecular flexibility index (Phi) is 6.98. The van der Waals surface area contributed by atoms with Crippen molar-refractivity contribution >= 4 is 11.4 Å². The van der Waals surface area contributed by atoms with Crippen molar-refractivity contribution < 1.29 is 0 Å². The van der Waals surface area contributed by atoms with Gasteiger partial charge in [-0.05, 0) is 158 Å². The van der Waals surface area contributed by atoms with Gasteiger partial charge in [0.2, 0.25) is 0 Å². The number of hydrogen-bond donors (Lipinski definition) is 0. The lowest BCUT2D eigenvalue weighted by Gasteiger charge is -2.76. The van der Waals surface area contributed by atoms with E-state index in [1.54, 1.807) is 16.7 Å². The van der Waals surface area contributed by atoms with Gasteiger partial charge < -0.3 is 4.90 Å². The summed E-state index contributed by atoms with van der Waals surface area (Å²) in [6.45, 7) is 10.1. The quantitative estimate of drug-likeness (QED) is 0.168. The molecule has 2 spiro atoms. The van der Waals surface area contributed by atoms with E-state index in [2.05, 4.69) is 196 Å². The van der Waals surface area contributed by atoms with E-state index in [0.29, 0.717) is 11.3 Å². The maximum Gasteiger partial charge on any atom is 0.0713 e. The molecular weight excluding hydrogens is 747 g/mol. The molecule has 0 amide bonds. The van der Waals surface area contributed by atoms with Crippen LogP contribution in [-0.4, -0.2) is 6.04 Å². The van der Waals surface area contributed by atoms with Gasteiger partial charge in [0.15, 0.2) is 0 Å². The minimum atomic E-state index is -0.416. The summed E-state index contributed by atoms with van der Waals surface area (Å²) in [4.78, 5) is 2.79. The van der Waals surface area contributed by atoms with Gasteiger partial charge in [0.05, 0.1) is 11.5 Å². The summed E-state index contributed by atoms with van der Waals surface area (Å²) in [6, 6.07) is 57.1. The third-order valence-electron chi connectivity index (χ3n) is 19.2. The Morgan fingerprint density at radius 3 is 1.84 bits per heavy atom. The first kappa shape index (κ1) is 36.1. The molecule has 5 saturated carbocycles. The highest BCUT2D eigenvalue weighted by atomic mass is 15.2. The molecule has 0 aliphatic heterocycles. The van der Waals surface area contributed by atoms with Crippen molar-refractivity contribution in [1.29, 1.82) is 0 Å². The molecule has 0 radical (unpaired) electrons. The first-order valence-corrected chi connectivity index (χ1v) is 24.0. The molecule has 5 fully saturated rings. The topological polar surface area (TPSA) is 3.24 Å². The number of fused-ring (bicyclic) bond motifs is 12. The first-order chi connectivity index (χ1) is 30.2. The van der Waals surface area contributed by atoms with Crippen molar-refractivity contribution in [2.24, 2.45) is 45.8 Å². The Morgan fingerprint density at radius 1 is 0.532 bits per heavy atom. The number of anilines is 2. The van der Waals surface area contributed by atoms with Gasteiger partial charge in [-0.3, -0.25) is 0 Å². The fourth-order valence-corrected chi connectivity index (χ4v) is 16.9. The highest BCUT2D eigenvalue weighted by Crippen LogP contribution is 2.89. The number of nitrogens with zero attached hydrogens (tertiary/aromatic N) is 1. The summed E-state index contributed by atoms with van der Waals surface area (Å²) in [6.07, 6.45) is 15.8. The molecule has 2 bridgehead atoms. The SMILES string of the molecule is CC1(C)CCC(C)(C)C2C1=CC=CC2N(c1ccc(C2(c3ccccc3)c3ccccc3-c3ccccc32)cc1)c1ccc2c(c1)C1(c3ccccc3-2)C2CC3CC4CC1C42C3. The van der Waals surface area contributed by atoms with Crippen molar-refractivity contribution in [3.8, 4) is 22.3 Å². The van der Waals surface area contributed by atoms with Crippen molar-refractivity contribution in [3.05, 3.63) is 203 Å². The van der Waals surface area contributed by atoms with Crippen LogP contribution in [0.2, 0.25) is 0 Å². The summed E-state index contributed by atoms with van der Waals surface area (Å²) in [5.74, 6) is 3.89. The van der Waals surface area contributed by atoms with E-state index < -0.39 is 5.41 Å². The van der Waals surface area contributed by atoms with Crippen LogP contribution in [0, 0.1) is 45.8 Å². The lowest BCUT2D eigenvalue weighted by atomic mass is 9.27. The predicted molar refractivity (Wildman–Crippen MR) is 255 cm³/mol. The van der Waals surface area contributed by atoms with Gasteiger partial charge in [-0.2, -0.15) is 0 Å². The van der Waals surface area contributed by atoms with Crippen LogP contribution in [0.15, 0.2) is 169 Å². The molecule has 0 saturated heterocycles. The summed E-state index contributed by atoms with van der Waals surface area (Å²) in [5, 5.41) is 0. The van der Waals surface area contributed by atoms with Crippen LogP contribution in [0.4, 0.5) is 11.4 Å². The molecule has 6 aromatic rings. The molecule has 6 aromatic carbocycles. The molecule has 0 aromatic heterocycles. The molecule has 1 heteroatoms. The van der Waals surface area contributed by atoms with Gasteiger partial charge >= 0.3 is 0 Å². The van der Waals surface area contributed by atoms with Gasteiger partial charge in [-0.15, -0.1) is 0 Å². The molecular formula is C61H57N. The fourth-order valence-electron chi connectivity index (χ4n) is 16.9. The predicted octanol–water partition coefficient (Wildman–Crippen LogP) is 14.8. The Hall–Kier alpha value is -5.40. The largest absolute Gasteiger partial charge is 0.334 e.